The zero-order valence-corrected chi connectivity index (χ0v) is 17.7. The predicted molar refractivity (Wildman–Crippen MR) is 114 cm³/mol. The Bertz CT molecular complexity index is 935. The zero-order chi connectivity index (χ0) is 22.1. The largest absolute Gasteiger partial charge is 0.497 e. The highest BCUT2D eigenvalue weighted by molar-refractivity contribution is 6.65. The van der Waals surface area contributed by atoms with E-state index in [-0.39, 0.29) is 6.54 Å². The van der Waals surface area contributed by atoms with Crippen molar-refractivity contribution in [1.82, 2.24) is 4.90 Å². The van der Waals surface area contributed by atoms with E-state index in [4.69, 9.17) is 9.47 Å². The van der Waals surface area contributed by atoms with Crippen LogP contribution in [0.25, 0.3) is 5.53 Å². The Kier molecular flexibility index (Phi) is 8.14. The number of anilines is 1. The first-order chi connectivity index (χ1) is 14.5. The Morgan fingerprint density at radius 3 is 2.17 bits per heavy atom. The summed E-state index contributed by atoms with van der Waals surface area (Å²) >= 11 is 0. The van der Waals surface area contributed by atoms with Gasteiger partial charge in [0.15, 0.2) is 0 Å². The van der Waals surface area contributed by atoms with Gasteiger partial charge in [0.25, 0.3) is 0 Å². The zero-order valence-electron chi connectivity index (χ0n) is 17.7. The summed E-state index contributed by atoms with van der Waals surface area (Å²) in [6.45, 7) is 4.45. The number of rotatable bonds is 9. The molecular formula is C22H26N4O4. The maximum Gasteiger partial charge on any atom is 0.443 e. The van der Waals surface area contributed by atoms with E-state index in [1.165, 1.54) is 16.9 Å². The number of methoxy groups -OCH3 is 2. The van der Waals surface area contributed by atoms with Gasteiger partial charge in [-0.05, 0) is 38.1 Å². The smallest absolute Gasteiger partial charge is 0.443 e. The van der Waals surface area contributed by atoms with E-state index in [1.807, 2.05) is 6.07 Å². The summed E-state index contributed by atoms with van der Waals surface area (Å²) in [6, 6.07) is 14.1. The molecule has 2 amide bonds. The molecule has 158 valence electrons. The molecule has 0 fully saturated rings. The maximum atomic E-state index is 13.3. The second-order valence-electron chi connectivity index (χ2n) is 6.33. The lowest BCUT2D eigenvalue weighted by molar-refractivity contribution is -0.131. The van der Waals surface area contributed by atoms with E-state index in [1.54, 1.807) is 63.4 Å². The van der Waals surface area contributed by atoms with Crippen molar-refractivity contribution in [2.24, 2.45) is 0 Å². The lowest BCUT2D eigenvalue weighted by Gasteiger charge is -2.23. The summed E-state index contributed by atoms with van der Waals surface area (Å²) < 4.78 is 10.7. The minimum Gasteiger partial charge on any atom is -0.497 e. The normalized spacial score (nSPS) is 10.0. The topological polar surface area (TPSA) is 95.5 Å². The molecule has 0 saturated carbocycles. The van der Waals surface area contributed by atoms with E-state index in [2.05, 4.69) is 4.79 Å². The van der Waals surface area contributed by atoms with Crippen LogP contribution in [0.5, 0.6) is 11.5 Å². The van der Waals surface area contributed by atoms with Crippen molar-refractivity contribution < 1.29 is 23.9 Å². The molecule has 0 aliphatic heterocycles. The Labute approximate surface area is 176 Å². The number of para-hydroxylation sites is 1. The molecule has 0 aliphatic rings. The summed E-state index contributed by atoms with van der Waals surface area (Å²) in [7, 11) is 3.08. The van der Waals surface area contributed by atoms with Crippen molar-refractivity contribution in [3.63, 3.8) is 0 Å². The van der Waals surface area contributed by atoms with E-state index < -0.39 is 17.5 Å². The van der Waals surface area contributed by atoms with E-state index in [0.29, 0.717) is 35.8 Å². The van der Waals surface area contributed by atoms with Gasteiger partial charge >= 0.3 is 17.5 Å². The van der Waals surface area contributed by atoms with Crippen LogP contribution in [-0.2, 0) is 16.1 Å². The fraction of sp³-hybridized carbons (Fsp3) is 0.318. The molecule has 0 aliphatic carbocycles. The van der Waals surface area contributed by atoms with Crippen LogP contribution in [-0.4, -0.2) is 54.5 Å². The lowest BCUT2D eigenvalue weighted by atomic mass is 10.1. The molecule has 0 unspecified atom stereocenters. The Morgan fingerprint density at radius 1 is 0.967 bits per heavy atom. The maximum absolute atomic E-state index is 13.3. The van der Waals surface area contributed by atoms with E-state index in [0.717, 1.165) is 0 Å². The number of amides is 2. The SMILES string of the molecule is CCN(CC)C(=O)C(=[N+]=[N-])C(=O)N(Cc1ccc(OC)cc1OC)c1ccccc1. The van der Waals surface area contributed by atoms with Gasteiger partial charge in [0.1, 0.15) is 11.5 Å². The molecule has 2 rings (SSSR count). The van der Waals surface area contributed by atoms with Gasteiger partial charge in [-0.1, -0.05) is 18.2 Å². The standard InChI is InChI=1S/C22H26N4O4/c1-5-25(6-2)21(27)20(24-23)22(28)26(17-10-8-7-9-11-17)15-16-12-13-18(29-3)14-19(16)30-4/h7-14H,5-6,15H2,1-4H3. The fourth-order valence-electron chi connectivity index (χ4n) is 3.01. The molecule has 0 bridgehead atoms. The quantitative estimate of drug-likeness (QED) is 0.275. The van der Waals surface area contributed by atoms with Gasteiger partial charge in [0, 0.05) is 30.4 Å². The molecule has 0 atom stereocenters. The van der Waals surface area contributed by atoms with Gasteiger partial charge in [0.05, 0.1) is 20.8 Å². The second-order valence-corrected chi connectivity index (χ2v) is 6.33. The third kappa shape index (κ3) is 5.04. The van der Waals surface area contributed by atoms with Crippen LogP contribution < -0.4 is 14.4 Å². The Hall–Kier alpha value is -3.64. The summed E-state index contributed by atoms with van der Waals surface area (Å²) in [5.41, 5.74) is 10.2. The van der Waals surface area contributed by atoms with Crippen molar-refractivity contribution in [2.45, 2.75) is 20.4 Å². The van der Waals surface area contributed by atoms with Crippen LogP contribution in [0.4, 0.5) is 5.69 Å². The van der Waals surface area contributed by atoms with E-state index in [9.17, 15) is 15.1 Å². The molecule has 2 aromatic carbocycles. The molecule has 30 heavy (non-hydrogen) atoms. The number of ether oxygens (including phenoxy) is 2. The van der Waals surface area contributed by atoms with Gasteiger partial charge in [-0.3, -0.25) is 14.5 Å². The molecule has 0 saturated heterocycles. The lowest BCUT2D eigenvalue weighted by Crippen LogP contribution is -2.46. The van der Waals surface area contributed by atoms with Gasteiger partial charge in [-0.2, -0.15) is 4.79 Å². The molecule has 8 heteroatoms. The summed E-state index contributed by atoms with van der Waals surface area (Å²) in [5, 5.41) is 0. The van der Waals surface area contributed by atoms with Gasteiger partial charge < -0.3 is 19.9 Å². The summed E-state index contributed by atoms with van der Waals surface area (Å²) in [4.78, 5) is 31.9. The molecule has 8 nitrogen and oxygen atoms in total. The number of nitrogens with zero attached hydrogens (tertiary/aromatic N) is 4. The number of carbonyl (C=O) groups excluding carboxylic acids is 2. The molecule has 0 aromatic heterocycles. The second kappa shape index (κ2) is 10.8. The third-order valence-corrected chi connectivity index (χ3v) is 4.69. The van der Waals surface area contributed by atoms with Crippen LogP contribution in [0.1, 0.15) is 19.4 Å². The first kappa shape index (κ1) is 22.6. The van der Waals surface area contributed by atoms with Gasteiger partial charge in [0.2, 0.25) is 0 Å². The van der Waals surface area contributed by atoms with Crippen molar-refractivity contribution >= 4 is 23.2 Å². The number of benzene rings is 2. The first-order valence-electron chi connectivity index (χ1n) is 9.59. The van der Waals surface area contributed by atoms with Crippen LogP contribution in [0.3, 0.4) is 0 Å². The molecule has 0 heterocycles. The van der Waals surface area contributed by atoms with Crippen LogP contribution >= 0.6 is 0 Å². The fourth-order valence-corrected chi connectivity index (χ4v) is 3.01. The number of carbonyl (C=O) groups is 2. The average Bonchev–Trinajstić information content (AvgIpc) is 2.79. The minimum absolute atomic E-state index is 0.0978. The number of hydrogen-bond acceptors (Lipinski definition) is 4. The number of hydrogen-bond donors (Lipinski definition) is 0. The predicted octanol–water partition coefficient (Wildman–Crippen LogP) is 2.78. The van der Waals surface area contributed by atoms with Gasteiger partial charge in [-0.15, -0.1) is 0 Å². The highest BCUT2D eigenvalue weighted by Crippen LogP contribution is 2.27. The van der Waals surface area contributed by atoms with Crippen molar-refractivity contribution in [2.75, 3.05) is 32.2 Å². The molecular weight excluding hydrogens is 384 g/mol. The van der Waals surface area contributed by atoms with Crippen LogP contribution in [0.2, 0.25) is 0 Å². The molecule has 2 aromatic rings. The third-order valence-electron chi connectivity index (χ3n) is 4.69. The minimum atomic E-state index is -0.710. The monoisotopic (exact) mass is 410 g/mol. The average molecular weight is 410 g/mol. The highest BCUT2D eigenvalue weighted by Gasteiger charge is 2.37. The van der Waals surface area contributed by atoms with Crippen LogP contribution in [0, 0.1) is 0 Å². The van der Waals surface area contributed by atoms with Gasteiger partial charge in [-0.25, -0.2) is 0 Å². The molecule has 0 N–H and O–H groups in total. The Balaban J connectivity index is 2.48. The highest BCUT2D eigenvalue weighted by atomic mass is 16.5. The van der Waals surface area contributed by atoms with Crippen molar-refractivity contribution in [3.05, 3.63) is 59.6 Å². The van der Waals surface area contributed by atoms with Crippen molar-refractivity contribution in [3.8, 4) is 11.5 Å². The first-order valence-corrected chi connectivity index (χ1v) is 9.59. The molecule has 0 radical (unpaired) electrons. The summed E-state index contributed by atoms with van der Waals surface area (Å²) in [6.07, 6.45) is 0. The summed E-state index contributed by atoms with van der Waals surface area (Å²) in [5.74, 6) is -0.197. The van der Waals surface area contributed by atoms with Crippen molar-refractivity contribution in [1.29, 1.82) is 0 Å². The Morgan fingerprint density at radius 2 is 1.63 bits per heavy atom. The van der Waals surface area contributed by atoms with Crippen LogP contribution in [0.15, 0.2) is 48.5 Å². The van der Waals surface area contributed by atoms with E-state index >= 15 is 0 Å². The molecule has 0 spiro atoms.